The third-order valence-electron chi connectivity index (χ3n) is 5.35. The fraction of sp³-hybridized carbons (Fsp3) is 0.824. The monoisotopic (exact) mass is 294 g/mol. The van der Waals surface area contributed by atoms with Crippen LogP contribution in [0.4, 0.5) is 4.79 Å². The van der Waals surface area contributed by atoms with E-state index in [4.69, 9.17) is 4.74 Å². The van der Waals surface area contributed by atoms with Crippen LogP contribution >= 0.6 is 0 Å². The molecule has 1 aliphatic heterocycles. The van der Waals surface area contributed by atoms with Gasteiger partial charge < -0.3 is 14.5 Å². The molecule has 0 radical (unpaired) electrons. The maximum atomic E-state index is 12.0. The quantitative estimate of drug-likeness (QED) is 0.734. The molecule has 2 aliphatic rings. The lowest BCUT2D eigenvalue weighted by atomic mass is 9.57. The highest BCUT2D eigenvalue weighted by molar-refractivity contribution is 5.68. The zero-order valence-corrected chi connectivity index (χ0v) is 14.4. The van der Waals surface area contributed by atoms with Crippen molar-refractivity contribution >= 4 is 6.09 Å². The number of fused-ring (bicyclic) bond motifs is 1. The molecule has 21 heavy (non-hydrogen) atoms. The van der Waals surface area contributed by atoms with Gasteiger partial charge in [-0.05, 0) is 33.9 Å². The number of nitrogens with zero attached hydrogens (tertiary/aromatic N) is 2. The Morgan fingerprint density at radius 2 is 2.10 bits per heavy atom. The highest BCUT2D eigenvalue weighted by atomic mass is 16.6. The molecule has 1 fully saturated rings. The summed E-state index contributed by atoms with van der Waals surface area (Å²) in [4.78, 5) is 16.2. The van der Waals surface area contributed by atoms with Gasteiger partial charge in [-0.2, -0.15) is 0 Å². The van der Waals surface area contributed by atoms with Crippen molar-refractivity contribution in [3.05, 3.63) is 11.6 Å². The van der Waals surface area contributed by atoms with Crippen LogP contribution < -0.4 is 0 Å². The van der Waals surface area contributed by atoms with Crippen molar-refractivity contribution in [1.29, 1.82) is 0 Å². The Morgan fingerprint density at radius 3 is 2.67 bits per heavy atom. The average Bonchev–Trinajstić information content (AvgIpc) is 2.37. The van der Waals surface area contributed by atoms with Crippen molar-refractivity contribution < 1.29 is 9.53 Å². The molecule has 0 spiro atoms. The fourth-order valence-corrected chi connectivity index (χ4v) is 4.53. The summed E-state index contributed by atoms with van der Waals surface area (Å²) < 4.78 is 5.17. The molecule has 1 saturated carbocycles. The number of rotatable bonds is 2. The van der Waals surface area contributed by atoms with Gasteiger partial charge in [0.25, 0.3) is 0 Å². The summed E-state index contributed by atoms with van der Waals surface area (Å²) in [7, 11) is 4.34. The van der Waals surface area contributed by atoms with Gasteiger partial charge in [0, 0.05) is 30.0 Å². The standard InChI is InChI=1S/C17H30N2O2/c1-7-21-15(20)19-11-9-13-16(2,3)14(18(5)6)8-10-17(13,4)12-19/h9,14H,7-8,10-12H2,1-6H3/t14-,17-/m1/s1. The van der Waals surface area contributed by atoms with Crippen molar-refractivity contribution in [1.82, 2.24) is 9.80 Å². The molecule has 4 nitrogen and oxygen atoms in total. The van der Waals surface area contributed by atoms with Crippen molar-refractivity contribution in [3.8, 4) is 0 Å². The minimum atomic E-state index is -0.179. The van der Waals surface area contributed by atoms with Gasteiger partial charge in [0.15, 0.2) is 0 Å². The lowest BCUT2D eigenvalue weighted by molar-refractivity contribution is 0.0425. The summed E-state index contributed by atoms with van der Waals surface area (Å²) in [5, 5.41) is 0. The first kappa shape index (κ1) is 16.3. The smallest absolute Gasteiger partial charge is 0.410 e. The number of amides is 1. The number of ether oxygens (including phenoxy) is 1. The predicted molar refractivity (Wildman–Crippen MR) is 85.3 cm³/mol. The Kier molecular flexibility index (Phi) is 4.39. The topological polar surface area (TPSA) is 32.8 Å². The van der Waals surface area contributed by atoms with Crippen LogP contribution in [0.1, 0.15) is 40.5 Å². The highest BCUT2D eigenvalue weighted by Gasteiger charge is 2.50. The van der Waals surface area contributed by atoms with E-state index in [0.29, 0.717) is 19.2 Å². The Balaban J connectivity index is 2.26. The molecule has 1 amide bonds. The SMILES string of the molecule is CCOC(=O)N1CC=C2C(C)(C)[C@H](N(C)C)CC[C@]2(C)C1. The Bertz CT molecular complexity index is 442. The Hall–Kier alpha value is -1.03. The van der Waals surface area contributed by atoms with E-state index in [0.717, 1.165) is 13.0 Å². The van der Waals surface area contributed by atoms with E-state index in [-0.39, 0.29) is 16.9 Å². The number of hydrogen-bond donors (Lipinski definition) is 0. The molecule has 0 bridgehead atoms. The van der Waals surface area contributed by atoms with E-state index in [1.807, 2.05) is 11.8 Å². The second-order valence-corrected chi connectivity index (χ2v) is 7.50. The number of carbonyl (C=O) groups is 1. The number of carbonyl (C=O) groups excluding carboxylic acids is 1. The van der Waals surface area contributed by atoms with Crippen LogP contribution in [-0.4, -0.2) is 55.7 Å². The minimum absolute atomic E-state index is 0.0843. The summed E-state index contributed by atoms with van der Waals surface area (Å²) in [6, 6.07) is 0.561. The first-order valence-electron chi connectivity index (χ1n) is 8.01. The van der Waals surface area contributed by atoms with Crippen molar-refractivity contribution in [3.63, 3.8) is 0 Å². The normalized spacial score (nSPS) is 31.7. The van der Waals surface area contributed by atoms with E-state index < -0.39 is 0 Å². The van der Waals surface area contributed by atoms with Crippen LogP contribution in [-0.2, 0) is 4.74 Å². The van der Waals surface area contributed by atoms with Gasteiger partial charge in [0.1, 0.15) is 0 Å². The van der Waals surface area contributed by atoms with Gasteiger partial charge in [-0.3, -0.25) is 0 Å². The molecule has 2 rings (SSSR count). The van der Waals surface area contributed by atoms with E-state index in [1.54, 1.807) is 0 Å². The van der Waals surface area contributed by atoms with Crippen LogP contribution in [0, 0.1) is 10.8 Å². The molecule has 4 heteroatoms. The first-order valence-corrected chi connectivity index (χ1v) is 8.01. The van der Waals surface area contributed by atoms with Crippen molar-refractivity contribution in [2.75, 3.05) is 33.8 Å². The molecule has 120 valence electrons. The van der Waals surface area contributed by atoms with Gasteiger partial charge >= 0.3 is 6.09 Å². The summed E-state index contributed by atoms with van der Waals surface area (Å²) in [5.74, 6) is 0. The van der Waals surface area contributed by atoms with E-state index in [9.17, 15) is 4.79 Å². The lowest BCUT2D eigenvalue weighted by Gasteiger charge is -2.55. The largest absolute Gasteiger partial charge is 0.450 e. The van der Waals surface area contributed by atoms with Crippen LogP contribution in [0.3, 0.4) is 0 Å². The maximum Gasteiger partial charge on any atom is 0.410 e. The van der Waals surface area contributed by atoms with Gasteiger partial charge in [-0.1, -0.05) is 32.4 Å². The molecule has 0 N–H and O–H groups in total. The van der Waals surface area contributed by atoms with Crippen LogP contribution in [0.25, 0.3) is 0 Å². The zero-order chi connectivity index (χ0) is 15.8. The Morgan fingerprint density at radius 1 is 1.43 bits per heavy atom. The molecule has 0 saturated heterocycles. The second kappa shape index (κ2) is 5.64. The molecule has 0 aromatic heterocycles. The molecule has 0 aromatic rings. The van der Waals surface area contributed by atoms with Crippen LogP contribution in [0.2, 0.25) is 0 Å². The molecule has 2 atom stereocenters. The average molecular weight is 294 g/mol. The van der Waals surface area contributed by atoms with E-state index in [1.165, 1.54) is 12.0 Å². The molecule has 1 heterocycles. The highest BCUT2D eigenvalue weighted by Crippen LogP contribution is 2.53. The molecule has 0 aromatic carbocycles. The fourth-order valence-electron chi connectivity index (χ4n) is 4.53. The lowest BCUT2D eigenvalue weighted by Crippen LogP contribution is -2.55. The zero-order valence-electron chi connectivity index (χ0n) is 14.4. The van der Waals surface area contributed by atoms with Gasteiger partial charge in [-0.15, -0.1) is 0 Å². The summed E-state index contributed by atoms with van der Waals surface area (Å²) in [5.41, 5.74) is 1.75. The van der Waals surface area contributed by atoms with Crippen molar-refractivity contribution in [2.24, 2.45) is 10.8 Å². The van der Waals surface area contributed by atoms with Gasteiger partial charge in [0.2, 0.25) is 0 Å². The first-order chi connectivity index (χ1) is 9.72. The summed E-state index contributed by atoms with van der Waals surface area (Å²) >= 11 is 0. The molecule has 0 unspecified atom stereocenters. The van der Waals surface area contributed by atoms with E-state index >= 15 is 0 Å². The van der Waals surface area contributed by atoms with Crippen LogP contribution in [0.15, 0.2) is 11.6 Å². The van der Waals surface area contributed by atoms with Gasteiger partial charge in [0.05, 0.1) is 6.61 Å². The second-order valence-electron chi connectivity index (χ2n) is 7.50. The van der Waals surface area contributed by atoms with Crippen molar-refractivity contribution in [2.45, 2.75) is 46.6 Å². The Labute approximate surface area is 129 Å². The van der Waals surface area contributed by atoms with Crippen LogP contribution in [0.5, 0.6) is 0 Å². The number of hydrogen-bond acceptors (Lipinski definition) is 3. The van der Waals surface area contributed by atoms with Gasteiger partial charge in [-0.25, -0.2) is 4.79 Å². The third-order valence-corrected chi connectivity index (χ3v) is 5.35. The van der Waals surface area contributed by atoms with E-state index in [2.05, 4.69) is 45.8 Å². The minimum Gasteiger partial charge on any atom is -0.450 e. The molecule has 1 aliphatic carbocycles. The maximum absolute atomic E-state index is 12.0. The predicted octanol–water partition coefficient (Wildman–Crippen LogP) is 3.14. The summed E-state index contributed by atoms with van der Waals surface area (Å²) in [6.45, 7) is 10.8. The third kappa shape index (κ3) is 2.83. The summed E-state index contributed by atoms with van der Waals surface area (Å²) in [6.07, 6.45) is 4.39. The molecular formula is C17H30N2O2. The molecular weight excluding hydrogens is 264 g/mol.